The Morgan fingerprint density at radius 3 is 2.65 bits per heavy atom. The van der Waals surface area contributed by atoms with Crippen molar-refractivity contribution in [2.24, 2.45) is 11.7 Å². The number of rotatable bonds is 4. The smallest absolute Gasteiger partial charge is 0.257 e. The summed E-state index contributed by atoms with van der Waals surface area (Å²) >= 11 is 6.09. The normalized spacial score (nSPS) is 16.2. The summed E-state index contributed by atoms with van der Waals surface area (Å²) in [5.74, 6) is 0.567. The Morgan fingerprint density at radius 2 is 2.08 bits per heavy atom. The zero-order valence-corrected chi connectivity index (χ0v) is 16.8. The van der Waals surface area contributed by atoms with E-state index in [-0.39, 0.29) is 24.4 Å². The van der Waals surface area contributed by atoms with Gasteiger partial charge in [-0.1, -0.05) is 24.6 Å². The largest absolute Gasteiger partial charge is 0.339 e. The van der Waals surface area contributed by atoms with Gasteiger partial charge >= 0.3 is 0 Å². The topological polar surface area (TPSA) is 64.2 Å². The van der Waals surface area contributed by atoms with Gasteiger partial charge in [0, 0.05) is 24.2 Å². The second-order valence-electron chi connectivity index (χ2n) is 6.74. The lowest BCUT2D eigenvalue weighted by molar-refractivity contribution is 0.0680. The van der Waals surface area contributed by atoms with Crippen molar-refractivity contribution in [2.45, 2.75) is 39.2 Å². The Bertz CT molecular complexity index is 752. The van der Waals surface area contributed by atoms with Crippen LogP contribution in [0.25, 0.3) is 5.69 Å². The SMILES string of the molecule is CCc1c(C(=O)N2CCC(C(C)N)CC2)cnn1-c1cccc(Cl)c1.Cl. The van der Waals surface area contributed by atoms with Gasteiger partial charge in [-0.05, 0) is 50.3 Å². The highest BCUT2D eigenvalue weighted by Gasteiger charge is 2.28. The molecule has 0 saturated carbocycles. The van der Waals surface area contributed by atoms with Crippen LogP contribution in [0.4, 0.5) is 0 Å². The van der Waals surface area contributed by atoms with Crippen molar-refractivity contribution < 1.29 is 4.79 Å². The van der Waals surface area contributed by atoms with E-state index in [0.717, 1.165) is 43.7 Å². The molecule has 5 nitrogen and oxygen atoms in total. The highest BCUT2D eigenvalue weighted by Crippen LogP contribution is 2.24. The number of nitrogens with two attached hydrogens (primary N) is 1. The van der Waals surface area contributed by atoms with Crippen LogP contribution in [-0.2, 0) is 6.42 Å². The molecule has 1 aromatic heterocycles. The zero-order valence-electron chi connectivity index (χ0n) is 15.2. The quantitative estimate of drug-likeness (QED) is 0.856. The first-order chi connectivity index (χ1) is 12.0. The van der Waals surface area contributed by atoms with Gasteiger partial charge in [0.05, 0.1) is 23.1 Å². The second kappa shape index (κ2) is 8.89. The Labute approximate surface area is 165 Å². The monoisotopic (exact) mass is 396 g/mol. The van der Waals surface area contributed by atoms with Crippen molar-refractivity contribution in [2.75, 3.05) is 13.1 Å². The van der Waals surface area contributed by atoms with E-state index < -0.39 is 0 Å². The fourth-order valence-electron chi connectivity index (χ4n) is 3.52. The number of carbonyl (C=O) groups is 1. The minimum absolute atomic E-state index is 0. The minimum atomic E-state index is 0. The third-order valence-corrected chi connectivity index (χ3v) is 5.29. The molecule has 26 heavy (non-hydrogen) atoms. The number of amides is 1. The van der Waals surface area contributed by atoms with Crippen molar-refractivity contribution in [3.05, 3.63) is 46.7 Å². The summed E-state index contributed by atoms with van der Waals surface area (Å²) in [4.78, 5) is 14.9. The third kappa shape index (κ3) is 4.22. The summed E-state index contributed by atoms with van der Waals surface area (Å²) in [5.41, 5.74) is 8.47. The minimum Gasteiger partial charge on any atom is -0.339 e. The molecule has 1 aromatic carbocycles. The van der Waals surface area contributed by atoms with E-state index in [9.17, 15) is 4.79 Å². The van der Waals surface area contributed by atoms with Gasteiger partial charge in [0.25, 0.3) is 5.91 Å². The molecule has 1 unspecified atom stereocenters. The first-order valence-electron chi connectivity index (χ1n) is 8.89. The number of hydrogen-bond acceptors (Lipinski definition) is 3. The fourth-order valence-corrected chi connectivity index (χ4v) is 3.71. The van der Waals surface area contributed by atoms with Gasteiger partial charge in [-0.15, -0.1) is 12.4 Å². The van der Waals surface area contributed by atoms with Crippen LogP contribution in [0.2, 0.25) is 5.02 Å². The molecule has 2 heterocycles. The van der Waals surface area contributed by atoms with E-state index in [2.05, 4.69) is 5.10 Å². The first-order valence-corrected chi connectivity index (χ1v) is 9.26. The van der Waals surface area contributed by atoms with Crippen LogP contribution >= 0.6 is 24.0 Å². The number of aromatic nitrogens is 2. The zero-order chi connectivity index (χ0) is 18.0. The van der Waals surface area contributed by atoms with Crippen molar-refractivity contribution in [3.8, 4) is 5.69 Å². The standard InChI is InChI=1S/C19H25ClN4O.ClH/c1-3-18-17(12-22-24(18)16-6-4-5-15(20)11-16)19(25)23-9-7-14(8-10-23)13(2)21;/h4-6,11-14H,3,7-10,21H2,1-2H3;1H. The molecule has 0 radical (unpaired) electrons. The summed E-state index contributed by atoms with van der Waals surface area (Å²) < 4.78 is 1.81. The number of nitrogens with zero attached hydrogens (tertiary/aromatic N) is 3. The van der Waals surface area contributed by atoms with Crippen molar-refractivity contribution in [1.29, 1.82) is 0 Å². The molecule has 142 valence electrons. The Kier molecular flexibility index (Phi) is 7.09. The van der Waals surface area contributed by atoms with Crippen LogP contribution in [0.15, 0.2) is 30.5 Å². The van der Waals surface area contributed by atoms with Crippen molar-refractivity contribution in [1.82, 2.24) is 14.7 Å². The van der Waals surface area contributed by atoms with Crippen molar-refractivity contribution in [3.63, 3.8) is 0 Å². The average molecular weight is 397 g/mol. The van der Waals surface area contributed by atoms with Crippen LogP contribution in [0.3, 0.4) is 0 Å². The van der Waals surface area contributed by atoms with Gasteiger partial charge in [-0.3, -0.25) is 4.79 Å². The number of hydrogen-bond donors (Lipinski definition) is 1. The van der Waals surface area contributed by atoms with Gasteiger partial charge in [-0.2, -0.15) is 5.10 Å². The molecule has 0 bridgehead atoms. The predicted octanol–water partition coefficient (Wildman–Crippen LogP) is 3.71. The summed E-state index contributed by atoms with van der Waals surface area (Å²) in [5, 5.41) is 5.10. The maximum atomic E-state index is 13.0. The number of piperidine rings is 1. The van der Waals surface area contributed by atoms with E-state index >= 15 is 0 Å². The van der Waals surface area contributed by atoms with Gasteiger partial charge in [0.15, 0.2) is 0 Å². The molecule has 1 fully saturated rings. The lowest BCUT2D eigenvalue weighted by atomic mass is 9.90. The number of benzene rings is 1. The molecule has 1 aliphatic rings. The Balaban J connectivity index is 0.00000243. The van der Waals surface area contributed by atoms with E-state index in [1.807, 2.05) is 47.7 Å². The molecule has 1 saturated heterocycles. The van der Waals surface area contributed by atoms with Crippen LogP contribution in [0, 0.1) is 5.92 Å². The lowest BCUT2D eigenvalue weighted by Gasteiger charge is -2.33. The molecular formula is C19H26Cl2N4O. The number of carbonyl (C=O) groups excluding carboxylic acids is 1. The Morgan fingerprint density at radius 1 is 1.38 bits per heavy atom. The predicted molar refractivity (Wildman–Crippen MR) is 107 cm³/mol. The maximum Gasteiger partial charge on any atom is 0.257 e. The summed E-state index contributed by atoms with van der Waals surface area (Å²) in [6, 6.07) is 7.71. The number of halogens is 2. The molecule has 3 rings (SSSR count). The van der Waals surface area contributed by atoms with E-state index in [0.29, 0.717) is 16.5 Å². The summed E-state index contributed by atoms with van der Waals surface area (Å²) in [6.07, 6.45) is 4.34. The molecular weight excluding hydrogens is 371 g/mol. The van der Waals surface area contributed by atoms with E-state index in [1.54, 1.807) is 6.20 Å². The summed E-state index contributed by atoms with van der Waals surface area (Å²) in [7, 11) is 0. The second-order valence-corrected chi connectivity index (χ2v) is 7.18. The lowest BCUT2D eigenvalue weighted by Crippen LogP contribution is -2.42. The molecule has 7 heteroatoms. The van der Waals surface area contributed by atoms with Gasteiger partial charge in [0.1, 0.15) is 0 Å². The van der Waals surface area contributed by atoms with Gasteiger partial charge < -0.3 is 10.6 Å². The van der Waals surface area contributed by atoms with Crippen LogP contribution in [0.5, 0.6) is 0 Å². The molecule has 0 spiro atoms. The van der Waals surface area contributed by atoms with Crippen LogP contribution in [0.1, 0.15) is 42.7 Å². The first kappa shape index (κ1) is 20.7. The van der Waals surface area contributed by atoms with Gasteiger partial charge in [0.2, 0.25) is 0 Å². The van der Waals surface area contributed by atoms with E-state index in [4.69, 9.17) is 17.3 Å². The molecule has 1 aliphatic heterocycles. The fraction of sp³-hybridized carbons (Fsp3) is 0.474. The van der Waals surface area contributed by atoms with Gasteiger partial charge in [-0.25, -0.2) is 4.68 Å². The van der Waals surface area contributed by atoms with Crippen molar-refractivity contribution >= 4 is 29.9 Å². The van der Waals surface area contributed by atoms with Crippen LogP contribution in [-0.4, -0.2) is 39.7 Å². The molecule has 1 amide bonds. The highest BCUT2D eigenvalue weighted by atomic mass is 35.5. The maximum absolute atomic E-state index is 13.0. The summed E-state index contributed by atoms with van der Waals surface area (Å²) in [6.45, 7) is 5.61. The number of likely N-dealkylation sites (tertiary alicyclic amines) is 1. The van der Waals surface area contributed by atoms with Crippen LogP contribution < -0.4 is 5.73 Å². The molecule has 1 atom stereocenters. The average Bonchev–Trinajstić information content (AvgIpc) is 3.05. The molecule has 2 N–H and O–H groups in total. The molecule has 2 aromatic rings. The highest BCUT2D eigenvalue weighted by molar-refractivity contribution is 6.30. The third-order valence-electron chi connectivity index (χ3n) is 5.06. The molecule has 0 aliphatic carbocycles. The van der Waals surface area contributed by atoms with E-state index in [1.165, 1.54) is 0 Å². The Hall–Kier alpha value is -1.56.